The van der Waals surface area contributed by atoms with Crippen LogP contribution < -0.4 is 5.73 Å². The summed E-state index contributed by atoms with van der Waals surface area (Å²) in [6.45, 7) is -0.0620. The highest BCUT2D eigenvalue weighted by atomic mass is 19.1. The summed E-state index contributed by atoms with van der Waals surface area (Å²) in [7, 11) is 0. The SMILES string of the molecule is NCC(Cc1cc(F)cc(F)c1)C(=O)O. The summed E-state index contributed by atoms with van der Waals surface area (Å²) < 4.78 is 25.5. The summed E-state index contributed by atoms with van der Waals surface area (Å²) in [4.78, 5) is 10.6. The Balaban J connectivity index is 2.83. The molecule has 1 unspecified atom stereocenters. The average Bonchev–Trinajstić information content (AvgIpc) is 2.12. The summed E-state index contributed by atoms with van der Waals surface area (Å²) in [5, 5.41) is 8.71. The van der Waals surface area contributed by atoms with Crippen molar-refractivity contribution in [1.29, 1.82) is 0 Å². The third-order valence-electron chi connectivity index (χ3n) is 2.04. The van der Waals surface area contributed by atoms with Crippen LogP contribution in [-0.2, 0) is 11.2 Å². The molecule has 0 amide bonds. The lowest BCUT2D eigenvalue weighted by atomic mass is 9.99. The van der Waals surface area contributed by atoms with Gasteiger partial charge in [0.1, 0.15) is 11.6 Å². The largest absolute Gasteiger partial charge is 0.481 e. The fraction of sp³-hybridized carbons (Fsp3) is 0.300. The van der Waals surface area contributed by atoms with Crippen molar-refractivity contribution in [2.75, 3.05) is 6.54 Å². The molecule has 0 spiro atoms. The first-order valence-electron chi connectivity index (χ1n) is 4.40. The number of carboxylic acid groups (broad SMARTS) is 1. The zero-order chi connectivity index (χ0) is 11.4. The Morgan fingerprint density at radius 3 is 2.27 bits per heavy atom. The molecule has 3 N–H and O–H groups in total. The van der Waals surface area contributed by atoms with Gasteiger partial charge in [0.2, 0.25) is 0 Å². The Hall–Kier alpha value is -1.49. The summed E-state index contributed by atoms with van der Waals surface area (Å²) in [5.41, 5.74) is 5.53. The number of hydrogen-bond acceptors (Lipinski definition) is 2. The Bertz CT molecular complexity index is 348. The third-order valence-corrected chi connectivity index (χ3v) is 2.04. The molecule has 82 valence electrons. The first kappa shape index (κ1) is 11.6. The molecule has 0 bridgehead atoms. The number of halogens is 2. The van der Waals surface area contributed by atoms with Gasteiger partial charge in [-0.3, -0.25) is 4.79 Å². The first-order valence-corrected chi connectivity index (χ1v) is 4.40. The van der Waals surface area contributed by atoms with Crippen molar-refractivity contribution in [2.45, 2.75) is 6.42 Å². The molecule has 0 aromatic heterocycles. The molecular formula is C10H11F2NO2. The van der Waals surface area contributed by atoms with E-state index in [-0.39, 0.29) is 13.0 Å². The van der Waals surface area contributed by atoms with E-state index >= 15 is 0 Å². The van der Waals surface area contributed by atoms with Crippen molar-refractivity contribution in [2.24, 2.45) is 11.7 Å². The van der Waals surface area contributed by atoms with E-state index in [1.165, 1.54) is 0 Å². The number of nitrogens with two attached hydrogens (primary N) is 1. The Morgan fingerprint density at radius 2 is 1.87 bits per heavy atom. The van der Waals surface area contributed by atoms with Crippen LogP contribution in [0.1, 0.15) is 5.56 Å². The molecule has 0 aliphatic heterocycles. The van der Waals surface area contributed by atoms with Gasteiger partial charge in [-0.2, -0.15) is 0 Å². The van der Waals surface area contributed by atoms with Gasteiger partial charge in [0.25, 0.3) is 0 Å². The molecule has 0 radical (unpaired) electrons. The third kappa shape index (κ3) is 3.28. The quantitative estimate of drug-likeness (QED) is 0.792. The number of aliphatic carboxylic acids is 1. The van der Waals surface area contributed by atoms with Gasteiger partial charge in [-0.05, 0) is 24.1 Å². The average molecular weight is 215 g/mol. The van der Waals surface area contributed by atoms with Gasteiger partial charge in [0, 0.05) is 12.6 Å². The molecule has 0 aliphatic carbocycles. The fourth-order valence-corrected chi connectivity index (χ4v) is 1.28. The molecule has 0 fully saturated rings. The topological polar surface area (TPSA) is 63.3 Å². The predicted molar refractivity (Wildman–Crippen MR) is 50.2 cm³/mol. The highest BCUT2D eigenvalue weighted by Gasteiger charge is 2.16. The molecule has 1 rings (SSSR count). The summed E-state index contributed by atoms with van der Waals surface area (Å²) in [6.07, 6.45) is 0.0283. The number of carboxylic acids is 1. The molecular weight excluding hydrogens is 204 g/mol. The second-order valence-electron chi connectivity index (χ2n) is 3.25. The van der Waals surface area contributed by atoms with Crippen molar-refractivity contribution in [1.82, 2.24) is 0 Å². The van der Waals surface area contributed by atoms with Crippen molar-refractivity contribution in [3.05, 3.63) is 35.4 Å². The van der Waals surface area contributed by atoms with Gasteiger partial charge >= 0.3 is 5.97 Å². The van der Waals surface area contributed by atoms with Crippen LogP contribution in [0.5, 0.6) is 0 Å². The molecule has 15 heavy (non-hydrogen) atoms. The highest BCUT2D eigenvalue weighted by molar-refractivity contribution is 5.70. The van der Waals surface area contributed by atoms with E-state index in [0.717, 1.165) is 18.2 Å². The normalized spacial score (nSPS) is 12.5. The Labute approximate surface area is 85.5 Å². The lowest BCUT2D eigenvalue weighted by Gasteiger charge is -2.09. The van der Waals surface area contributed by atoms with E-state index in [1.54, 1.807) is 0 Å². The van der Waals surface area contributed by atoms with Gasteiger partial charge in [-0.25, -0.2) is 8.78 Å². The molecule has 0 aliphatic rings. The minimum Gasteiger partial charge on any atom is -0.481 e. The minimum atomic E-state index is -1.07. The predicted octanol–water partition coefficient (Wildman–Crippen LogP) is 1.17. The Kier molecular flexibility index (Phi) is 3.74. The van der Waals surface area contributed by atoms with Crippen LogP contribution in [0.2, 0.25) is 0 Å². The maximum Gasteiger partial charge on any atom is 0.308 e. The lowest BCUT2D eigenvalue weighted by Crippen LogP contribution is -2.25. The van der Waals surface area contributed by atoms with Gasteiger partial charge in [-0.15, -0.1) is 0 Å². The second kappa shape index (κ2) is 4.84. The fourth-order valence-electron chi connectivity index (χ4n) is 1.28. The standard InChI is InChI=1S/C10H11F2NO2/c11-8-2-6(3-9(12)4-8)1-7(5-13)10(14)15/h2-4,7H,1,5,13H2,(H,14,15). The second-order valence-corrected chi connectivity index (χ2v) is 3.25. The zero-order valence-corrected chi connectivity index (χ0v) is 7.91. The van der Waals surface area contributed by atoms with Crippen LogP contribution in [0.3, 0.4) is 0 Å². The number of benzene rings is 1. The van der Waals surface area contributed by atoms with Crippen LogP contribution in [0.4, 0.5) is 8.78 Å². The van der Waals surface area contributed by atoms with Gasteiger partial charge < -0.3 is 10.8 Å². The van der Waals surface area contributed by atoms with Crippen molar-refractivity contribution < 1.29 is 18.7 Å². The van der Waals surface area contributed by atoms with E-state index in [9.17, 15) is 13.6 Å². The maximum absolute atomic E-state index is 12.8. The van der Waals surface area contributed by atoms with Crippen LogP contribution in [-0.4, -0.2) is 17.6 Å². The van der Waals surface area contributed by atoms with Gasteiger partial charge in [0.15, 0.2) is 0 Å². The summed E-state index contributed by atoms with van der Waals surface area (Å²) in [6, 6.07) is 2.95. The summed E-state index contributed by atoms with van der Waals surface area (Å²) in [5.74, 6) is -3.31. The smallest absolute Gasteiger partial charge is 0.308 e. The van der Waals surface area contributed by atoms with Crippen LogP contribution in [0, 0.1) is 17.6 Å². The molecule has 1 aromatic rings. The molecule has 5 heteroatoms. The zero-order valence-electron chi connectivity index (χ0n) is 7.91. The van der Waals surface area contributed by atoms with E-state index < -0.39 is 23.5 Å². The molecule has 0 heterocycles. The van der Waals surface area contributed by atoms with Crippen LogP contribution in [0.15, 0.2) is 18.2 Å². The van der Waals surface area contributed by atoms with Gasteiger partial charge in [-0.1, -0.05) is 0 Å². The molecule has 0 saturated heterocycles. The number of rotatable bonds is 4. The number of carbonyl (C=O) groups is 1. The molecule has 1 atom stereocenters. The van der Waals surface area contributed by atoms with E-state index in [2.05, 4.69) is 0 Å². The molecule has 0 saturated carbocycles. The van der Waals surface area contributed by atoms with Crippen LogP contribution >= 0.6 is 0 Å². The van der Waals surface area contributed by atoms with Crippen LogP contribution in [0.25, 0.3) is 0 Å². The maximum atomic E-state index is 12.8. The molecule has 1 aromatic carbocycles. The van der Waals surface area contributed by atoms with Gasteiger partial charge in [0.05, 0.1) is 5.92 Å². The highest BCUT2D eigenvalue weighted by Crippen LogP contribution is 2.12. The van der Waals surface area contributed by atoms with Crippen molar-refractivity contribution in [3.63, 3.8) is 0 Å². The molecule has 3 nitrogen and oxygen atoms in total. The van der Waals surface area contributed by atoms with E-state index in [1.807, 2.05) is 0 Å². The van der Waals surface area contributed by atoms with E-state index in [0.29, 0.717) is 5.56 Å². The Morgan fingerprint density at radius 1 is 1.33 bits per heavy atom. The summed E-state index contributed by atoms with van der Waals surface area (Å²) >= 11 is 0. The monoisotopic (exact) mass is 215 g/mol. The van der Waals surface area contributed by atoms with E-state index in [4.69, 9.17) is 10.8 Å². The van der Waals surface area contributed by atoms with Crippen molar-refractivity contribution in [3.8, 4) is 0 Å². The number of hydrogen-bond donors (Lipinski definition) is 2. The first-order chi connectivity index (χ1) is 7.02. The van der Waals surface area contributed by atoms with Crippen molar-refractivity contribution >= 4 is 5.97 Å². The minimum absolute atomic E-state index is 0.0283. The lowest BCUT2D eigenvalue weighted by molar-refractivity contribution is -0.141.